The highest BCUT2D eigenvalue weighted by atomic mass is 32.1. The molecule has 0 saturated heterocycles. The normalized spacial score (nSPS) is 12.8. The number of aromatic nitrogens is 2. The van der Waals surface area contributed by atoms with Gasteiger partial charge in [0.1, 0.15) is 22.6 Å². The minimum atomic E-state index is -0.544. The molecular formula is C11H13N3O4S. The van der Waals surface area contributed by atoms with Gasteiger partial charge < -0.3 is 9.47 Å². The Hall–Kier alpha value is -1.64. The van der Waals surface area contributed by atoms with Gasteiger partial charge in [-0.2, -0.15) is 0 Å². The first-order valence-electron chi connectivity index (χ1n) is 5.50. The number of aryl methyl sites for hydroxylation is 1. The molecule has 7 nitrogen and oxygen atoms in total. The van der Waals surface area contributed by atoms with Crippen LogP contribution in [-0.4, -0.2) is 35.7 Å². The SMILES string of the molecule is COCC(OC)c1c([N+](=O)[O-])cnc2sc(C)nc12. The number of rotatable bonds is 5. The molecule has 0 radical (unpaired) electrons. The van der Waals surface area contributed by atoms with E-state index in [1.165, 1.54) is 31.8 Å². The van der Waals surface area contributed by atoms with Gasteiger partial charge in [0.2, 0.25) is 0 Å². The molecule has 0 aliphatic rings. The zero-order valence-corrected chi connectivity index (χ0v) is 11.6. The Morgan fingerprint density at radius 2 is 2.26 bits per heavy atom. The van der Waals surface area contributed by atoms with Crippen LogP contribution in [0, 0.1) is 17.0 Å². The summed E-state index contributed by atoms with van der Waals surface area (Å²) >= 11 is 1.39. The van der Waals surface area contributed by atoms with Crippen LogP contribution in [0.15, 0.2) is 6.20 Å². The molecule has 0 aliphatic carbocycles. The molecule has 2 rings (SSSR count). The first kappa shape index (κ1) is 13.8. The maximum atomic E-state index is 11.1. The van der Waals surface area contributed by atoms with Gasteiger partial charge in [0.05, 0.1) is 22.1 Å². The summed E-state index contributed by atoms with van der Waals surface area (Å²) in [4.78, 5) is 19.7. The highest BCUT2D eigenvalue weighted by molar-refractivity contribution is 7.18. The molecule has 0 aromatic carbocycles. The lowest BCUT2D eigenvalue weighted by Crippen LogP contribution is -2.12. The number of hydrogen-bond acceptors (Lipinski definition) is 7. The van der Waals surface area contributed by atoms with E-state index >= 15 is 0 Å². The number of nitro groups is 1. The summed E-state index contributed by atoms with van der Waals surface area (Å²) < 4.78 is 10.3. The van der Waals surface area contributed by atoms with E-state index in [-0.39, 0.29) is 12.3 Å². The van der Waals surface area contributed by atoms with Crippen molar-refractivity contribution in [1.82, 2.24) is 9.97 Å². The number of fused-ring (bicyclic) bond motifs is 1. The molecule has 0 N–H and O–H groups in total. The van der Waals surface area contributed by atoms with Crippen molar-refractivity contribution in [3.05, 3.63) is 26.9 Å². The lowest BCUT2D eigenvalue weighted by atomic mass is 10.1. The molecule has 0 saturated carbocycles. The predicted octanol–water partition coefficient (Wildman–Crippen LogP) is 2.24. The maximum absolute atomic E-state index is 11.1. The van der Waals surface area contributed by atoms with E-state index in [1.807, 2.05) is 6.92 Å². The lowest BCUT2D eigenvalue weighted by molar-refractivity contribution is -0.386. The minimum absolute atomic E-state index is 0.0956. The van der Waals surface area contributed by atoms with Crippen molar-refractivity contribution in [2.24, 2.45) is 0 Å². The number of ether oxygens (including phenoxy) is 2. The van der Waals surface area contributed by atoms with E-state index in [1.54, 1.807) is 0 Å². The Bertz CT molecular complexity index is 613. The van der Waals surface area contributed by atoms with Gasteiger partial charge in [-0.1, -0.05) is 11.3 Å². The van der Waals surface area contributed by atoms with Crippen molar-refractivity contribution in [1.29, 1.82) is 0 Å². The Balaban J connectivity index is 2.70. The average molecular weight is 283 g/mol. The van der Waals surface area contributed by atoms with Crippen molar-refractivity contribution >= 4 is 27.4 Å². The van der Waals surface area contributed by atoms with Crippen LogP contribution in [0.4, 0.5) is 5.69 Å². The minimum Gasteiger partial charge on any atom is -0.382 e. The average Bonchev–Trinajstić information content (AvgIpc) is 2.75. The molecule has 0 fully saturated rings. The molecule has 0 spiro atoms. The van der Waals surface area contributed by atoms with Gasteiger partial charge >= 0.3 is 0 Å². The maximum Gasteiger partial charge on any atom is 0.295 e. The van der Waals surface area contributed by atoms with E-state index in [0.717, 1.165) is 5.01 Å². The molecular weight excluding hydrogens is 270 g/mol. The monoisotopic (exact) mass is 283 g/mol. The largest absolute Gasteiger partial charge is 0.382 e. The molecule has 2 aromatic rings. The second-order valence-corrected chi connectivity index (χ2v) is 5.06. The molecule has 1 unspecified atom stereocenters. The van der Waals surface area contributed by atoms with Crippen LogP contribution in [0.2, 0.25) is 0 Å². The summed E-state index contributed by atoms with van der Waals surface area (Å²) in [5.41, 5.74) is 0.839. The van der Waals surface area contributed by atoms with Crippen molar-refractivity contribution < 1.29 is 14.4 Å². The van der Waals surface area contributed by atoms with E-state index in [0.29, 0.717) is 15.9 Å². The standard InChI is InChI=1S/C11H13N3O4S/c1-6-13-10-9(8(18-3)5-17-2)7(14(15)16)4-12-11(10)19-6/h4,8H,5H2,1-3H3. The van der Waals surface area contributed by atoms with E-state index in [9.17, 15) is 10.1 Å². The Kier molecular flexibility index (Phi) is 4.03. The molecule has 8 heteroatoms. The fraction of sp³-hybridized carbons (Fsp3) is 0.455. The quantitative estimate of drug-likeness (QED) is 0.617. The fourth-order valence-corrected chi connectivity index (χ4v) is 2.65. The van der Waals surface area contributed by atoms with Crippen molar-refractivity contribution in [3.63, 3.8) is 0 Å². The fourth-order valence-electron chi connectivity index (χ4n) is 1.87. The molecule has 0 aliphatic heterocycles. The molecule has 2 heterocycles. The third-order valence-corrected chi connectivity index (χ3v) is 3.55. The van der Waals surface area contributed by atoms with E-state index in [2.05, 4.69) is 9.97 Å². The van der Waals surface area contributed by atoms with Crippen LogP contribution < -0.4 is 0 Å². The van der Waals surface area contributed by atoms with E-state index < -0.39 is 11.0 Å². The smallest absolute Gasteiger partial charge is 0.295 e. The Morgan fingerprint density at radius 1 is 1.53 bits per heavy atom. The number of methoxy groups -OCH3 is 2. The molecule has 2 aromatic heterocycles. The van der Waals surface area contributed by atoms with Gasteiger partial charge in [0, 0.05) is 14.2 Å². The summed E-state index contributed by atoms with van der Waals surface area (Å²) in [6.07, 6.45) is 0.703. The third kappa shape index (κ3) is 2.55. The molecule has 0 amide bonds. The first-order chi connectivity index (χ1) is 9.08. The molecule has 0 bridgehead atoms. The number of pyridine rings is 1. The molecule has 1 atom stereocenters. The van der Waals surface area contributed by atoms with Crippen molar-refractivity contribution in [2.45, 2.75) is 13.0 Å². The van der Waals surface area contributed by atoms with Crippen LogP contribution in [0.3, 0.4) is 0 Å². The summed E-state index contributed by atoms with van der Waals surface area (Å²) in [7, 11) is 3.00. The highest BCUT2D eigenvalue weighted by Crippen LogP contribution is 2.34. The van der Waals surface area contributed by atoms with Crippen LogP contribution in [0.5, 0.6) is 0 Å². The van der Waals surface area contributed by atoms with Gasteiger partial charge in [0.15, 0.2) is 0 Å². The van der Waals surface area contributed by atoms with E-state index in [4.69, 9.17) is 9.47 Å². The zero-order valence-electron chi connectivity index (χ0n) is 10.7. The lowest BCUT2D eigenvalue weighted by Gasteiger charge is -2.14. The summed E-state index contributed by atoms with van der Waals surface area (Å²) in [5, 5.41) is 11.9. The summed E-state index contributed by atoms with van der Waals surface area (Å²) in [6, 6.07) is 0. The first-order valence-corrected chi connectivity index (χ1v) is 6.32. The van der Waals surface area contributed by atoms with Crippen LogP contribution in [0.1, 0.15) is 16.7 Å². The van der Waals surface area contributed by atoms with Gasteiger partial charge in [-0.15, -0.1) is 0 Å². The number of hydrogen-bond donors (Lipinski definition) is 0. The van der Waals surface area contributed by atoms with Gasteiger partial charge in [-0.25, -0.2) is 9.97 Å². The molecule has 19 heavy (non-hydrogen) atoms. The van der Waals surface area contributed by atoms with Crippen molar-refractivity contribution in [2.75, 3.05) is 20.8 Å². The van der Waals surface area contributed by atoms with Crippen molar-refractivity contribution in [3.8, 4) is 0 Å². The number of nitrogens with zero attached hydrogens (tertiary/aromatic N) is 3. The predicted molar refractivity (Wildman–Crippen MR) is 70.4 cm³/mol. The Labute approximate surface area is 113 Å². The number of thiazole rings is 1. The van der Waals surface area contributed by atoms with Gasteiger partial charge in [-0.05, 0) is 6.92 Å². The highest BCUT2D eigenvalue weighted by Gasteiger charge is 2.27. The van der Waals surface area contributed by atoms with Gasteiger partial charge in [0.25, 0.3) is 5.69 Å². The van der Waals surface area contributed by atoms with Crippen LogP contribution in [-0.2, 0) is 9.47 Å². The zero-order chi connectivity index (χ0) is 14.0. The van der Waals surface area contributed by atoms with Gasteiger partial charge in [-0.3, -0.25) is 10.1 Å². The molecule has 102 valence electrons. The second-order valence-electron chi connectivity index (χ2n) is 3.88. The van der Waals surface area contributed by atoms with Crippen LogP contribution >= 0.6 is 11.3 Å². The Morgan fingerprint density at radius 3 is 2.84 bits per heavy atom. The van der Waals surface area contributed by atoms with Crippen LogP contribution in [0.25, 0.3) is 10.3 Å². The second kappa shape index (κ2) is 5.55. The third-order valence-electron chi connectivity index (χ3n) is 2.67. The topological polar surface area (TPSA) is 87.4 Å². The summed E-state index contributed by atoms with van der Waals surface area (Å²) in [6.45, 7) is 2.05. The summed E-state index contributed by atoms with van der Waals surface area (Å²) in [5.74, 6) is 0.